The molecule has 0 saturated carbocycles. The van der Waals surface area contributed by atoms with Crippen LogP contribution in [0.25, 0.3) is 0 Å². The van der Waals surface area contributed by atoms with Gasteiger partial charge < -0.3 is 15.0 Å². The Morgan fingerprint density at radius 3 is 2.94 bits per heavy atom. The van der Waals surface area contributed by atoms with Gasteiger partial charge >= 0.3 is 0 Å². The highest BCUT2D eigenvalue weighted by molar-refractivity contribution is 5.09. The van der Waals surface area contributed by atoms with Crippen molar-refractivity contribution in [3.63, 3.8) is 0 Å². The van der Waals surface area contributed by atoms with Gasteiger partial charge in [0.15, 0.2) is 0 Å². The Bertz CT molecular complexity index is 366. The molecule has 17 heavy (non-hydrogen) atoms. The Hall–Kier alpha value is -0.870. The fourth-order valence-electron chi connectivity index (χ4n) is 2.51. The highest BCUT2D eigenvalue weighted by Gasteiger charge is 2.33. The van der Waals surface area contributed by atoms with E-state index >= 15 is 0 Å². The summed E-state index contributed by atoms with van der Waals surface area (Å²) in [4.78, 5) is 4.27. The molecule has 2 rings (SSSR count). The highest BCUT2D eigenvalue weighted by Crippen LogP contribution is 2.30. The number of nitrogens with zero attached hydrogens (tertiary/aromatic N) is 2. The van der Waals surface area contributed by atoms with Gasteiger partial charge in [-0.1, -0.05) is 13.8 Å². The van der Waals surface area contributed by atoms with Crippen LogP contribution in [0.1, 0.15) is 45.3 Å². The topological polar surface area (TPSA) is 53.1 Å². The zero-order valence-corrected chi connectivity index (χ0v) is 11.0. The molecule has 0 aliphatic carbocycles. The maximum atomic E-state index is 6.27. The number of aromatic nitrogens is 2. The third-order valence-corrected chi connectivity index (χ3v) is 3.55. The van der Waals surface area contributed by atoms with E-state index < -0.39 is 0 Å². The van der Waals surface area contributed by atoms with E-state index in [9.17, 15) is 0 Å². The molecule has 1 aromatic heterocycles. The first-order valence-corrected chi connectivity index (χ1v) is 6.39. The van der Waals surface area contributed by atoms with Crippen LogP contribution in [0, 0.1) is 5.92 Å². The molecule has 1 saturated heterocycles. The monoisotopic (exact) mass is 237 g/mol. The van der Waals surface area contributed by atoms with Gasteiger partial charge in [-0.25, -0.2) is 4.98 Å². The Kier molecular flexibility index (Phi) is 3.54. The van der Waals surface area contributed by atoms with E-state index in [1.165, 1.54) is 0 Å². The highest BCUT2D eigenvalue weighted by atomic mass is 16.5. The molecule has 0 spiro atoms. The number of hydrogen-bond donors (Lipinski definition) is 1. The van der Waals surface area contributed by atoms with Gasteiger partial charge in [0.2, 0.25) is 0 Å². The summed E-state index contributed by atoms with van der Waals surface area (Å²) in [6.45, 7) is 8.19. The average Bonchev–Trinajstić information content (AvgIpc) is 2.84. The molecular formula is C13H23N3O. The molecule has 2 unspecified atom stereocenters. The van der Waals surface area contributed by atoms with E-state index in [2.05, 4.69) is 30.3 Å². The molecule has 4 heteroatoms. The van der Waals surface area contributed by atoms with Gasteiger partial charge in [0.1, 0.15) is 0 Å². The van der Waals surface area contributed by atoms with Crippen molar-refractivity contribution in [3.8, 4) is 0 Å². The summed E-state index contributed by atoms with van der Waals surface area (Å²) in [5, 5.41) is 0. The third-order valence-electron chi connectivity index (χ3n) is 3.55. The van der Waals surface area contributed by atoms with E-state index in [1.807, 2.05) is 12.5 Å². The molecule has 0 amide bonds. The lowest BCUT2D eigenvalue weighted by Crippen LogP contribution is -2.33. The first-order valence-electron chi connectivity index (χ1n) is 6.39. The Labute approximate surface area is 103 Å². The summed E-state index contributed by atoms with van der Waals surface area (Å²) < 4.78 is 7.73. The molecule has 1 aliphatic heterocycles. The summed E-state index contributed by atoms with van der Waals surface area (Å²) in [6.07, 6.45) is 5.81. The van der Waals surface area contributed by atoms with Gasteiger partial charge in [-0.3, -0.25) is 0 Å². The Balaban J connectivity index is 2.22. The fraction of sp³-hybridized carbons (Fsp3) is 0.769. The summed E-state index contributed by atoms with van der Waals surface area (Å²) in [5.74, 6) is 0.598. The third kappa shape index (κ3) is 2.53. The molecule has 1 fully saturated rings. The Morgan fingerprint density at radius 1 is 1.59 bits per heavy atom. The van der Waals surface area contributed by atoms with E-state index in [1.54, 1.807) is 0 Å². The van der Waals surface area contributed by atoms with Gasteiger partial charge in [-0.2, -0.15) is 0 Å². The molecule has 4 nitrogen and oxygen atoms in total. The van der Waals surface area contributed by atoms with Gasteiger partial charge in [-0.05, 0) is 25.7 Å². The molecule has 0 bridgehead atoms. The van der Waals surface area contributed by atoms with Crippen molar-refractivity contribution in [2.75, 3.05) is 13.2 Å². The fourth-order valence-corrected chi connectivity index (χ4v) is 2.51. The second kappa shape index (κ2) is 4.78. The maximum Gasteiger partial charge on any atom is 0.0954 e. The molecule has 0 radical (unpaired) electrons. The van der Waals surface area contributed by atoms with Crippen molar-refractivity contribution < 1.29 is 4.74 Å². The number of nitrogens with two attached hydrogens (primary N) is 1. The zero-order chi connectivity index (χ0) is 12.5. The van der Waals surface area contributed by atoms with Gasteiger partial charge in [0, 0.05) is 18.8 Å². The minimum Gasteiger partial charge on any atom is -0.379 e. The second-order valence-corrected chi connectivity index (χ2v) is 5.72. The van der Waals surface area contributed by atoms with Crippen molar-refractivity contribution in [1.82, 2.24) is 9.55 Å². The van der Waals surface area contributed by atoms with Crippen LogP contribution < -0.4 is 5.73 Å². The van der Waals surface area contributed by atoms with Crippen LogP contribution in [0.2, 0.25) is 0 Å². The van der Waals surface area contributed by atoms with E-state index in [4.69, 9.17) is 10.5 Å². The van der Waals surface area contributed by atoms with Crippen LogP contribution in [0.15, 0.2) is 12.5 Å². The maximum absolute atomic E-state index is 6.27. The van der Waals surface area contributed by atoms with E-state index in [0.717, 1.165) is 31.7 Å². The average molecular weight is 237 g/mol. The zero-order valence-electron chi connectivity index (χ0n) is 11.0. The van der Waals surface area contributed by atoms with Crippen molar-refractivity contribution in [3.05, 3.63) is 18.2 Å². The van der Waals surface area contributed by atoms with Crippen molar-refractivity contribution in [2.24, 2.45) is 11.7 Å². The molecule has 1 aromatic rings. The smallest absolute Gasteiger partial charge is 0.0954 e. The Morgan fingerprint density at radius 2 is 2.35 bits per heavy atom. The quantitative estimate of drug-likeness (QED) is 0.872. The lowest BCUT2D eigenvalue weighted by Gasteiger charge is -2.28. The molecule has 1 aliphatic rings. The van der Waals surface area contributed by atoms with Gasteiger partial charge in [0.25, 0.3) is 0 Å². The number of hydrogen-bond acceptors (Lipinski definition) is 3. The summed E-state index contributed by atoms with van der Waals surface area (Å²) in [5.41, 5.74) is 7.43. The molecule has 2 heterocycles. The minimum absolute atomic E-state index is 0.0282. The predicted molar refractivity (Wildman–Crippen MR) is 67.7 cm³/mol. The van der Waals surface area contributed by atoms with E-state index in [0.29, 0.717) is 5.92 Å². The lowest BCUT2D eigenvalue weighted by atomic mass is 9.98. The number of rotatable bonds is 4. The summed E-state index contributed by atoms with van der Waals surface area (Å²) in [7, 11) is 0. The van der Waals surface area contributed by atoms with Crippen LogP contribution in [0.4, 0.5) is 0 Å². The standard InChI is InChI=1S/C13H23N3O/c1-10(2)6-11(14)12-7-15-9-16(12)13(3)4-5-17-8-13/h7,9-11H,4-6,8,14H2,1-3H3. The first kappa shape index (κ1) is 12.6. The van der Waals surface area contributed by atoms with Crippen LogP contribution in [-0.2, 0) is 10.3 Å². The molecule has 2 N–H and O–H groups in total. The van der Waals surface area contributed by atoms with Crippen LogP contribution >= 0.6 is 0 Å². The van der Waals surface area contributed by atoms with Crippen molar-refractivity contribution in [1.29, 1.82) is 0 Å². The summed E-state index contributed by atoms with van der Waals surface area (Å²) >= 11 is 0. The van der Waals surface area contributed by atoms with Crippen LogP contribution in [0.5, 0.6) is 0 Å². The number of imidazole rings is 1. The van der Waals surface area contributed by atoms with E-state index in [-0.39, 0.29) is 11.6 Å². The summed E-state index contributed by atoms with van der Waals surface area (Å²) in [6, 6.07) is 0.0647. The minimum atomic E-state index is 0.0282. The molecule has 96 valence electrons. The van der Waals surface area contributed by atoms with Crippen LogP contribution in [0.3, 0.4) is 0 Å². The normalized spacial score (nSPS) is 26.6. The predicted octanol–water partition coefficient (Wildman–Crippen LogP) is 2.06. The molecular weight excluding hydrogens is 214 g/mol. The second-order valence-electron chi connectivity index (χ2n) is 5.72. The van der Waals surface area contributed by atoms with Crippen molar-refractivity contribution >= 4 is 0 Å². The van der Waals surface area contributed by atoms with Crippen molar-refractivity contribution in [2.45, 2.75) is 45.2 Å². The van der Waals surface area contributed by atoms with Crippen LogP contribution in [-0.4, -0.2) is 22.8 Å². The largest absolute Gasteiger partial charge is 0.379 e. The van der Waals surface area contributed by atoms with Gasteiger partial charge in [0.05, 0.1) is 24.2 Å². The molecule has 2 atom stereocenters. The lowest BCUT2D eigenvalue weighted by molar-refractivity contribution is 0.159. The van der Waals surface area contributed by atoms with Gasteiger partial charge in [-0.15, -0.1) is 0 Å². The number of ether oxygens (including phenoxy) is 1. The molecule has 0 aromatic carbocycles. The first-order chi connectivity index (χ1) is 8.03. The SMILES string of the molecule is CC(C)CC(N)c1cncn1C1(C)CCOC1.